The Bertz CT molecular complexity index is 795. The fraction of sp³-hybridized carbons (Fsp3) is 0.708. The van der Waals surface area contributed by atoms with Crippen LogP contribution >= 0.6 is 0 Å². The zero-order valence-corrected chi connectivity index (χ0v) is 20.6. The van der Waals surface area contributed by atoms with Gasteiger partial charge in [0, 0.05) is 25.6 Å². The number of likely N-dealkylation sites (tertiary alicyclic amines) is 2. The number of esters is 2. The van der Waals surface area contributed by atoms with Crippen LogP contribution in [0.2, 0.25) is 0 Å². The lowest BCUT2D eigenvalue weighted by atomic mass is 10.0. The molecule has 0 aromatic heterocycles. The molecule has 10 heteroatoms. The maximum atomic E-state index is 13.3. The molecule has 2 fully saturated rings. The maximum Gasteiger partial charge on any atom is 0.330 e. The molecule has 0 bridgehead atoms. The van der Waals surface area contributed by atoms with E-state index in [4.69, 9.17) is 9.47 Å². The number of carbonyl (C=O) groups is 5. The number of ether oxygens (including phenoxy) is 2. The lowest BCUT2D eigenvalue weighted by Gasteiger charge is -2.32. The average molecular weight is 480 g/mol. The molecule has 2 rings (SSSR count). The Kier molecular flexibility index (Phi) is 10.5. The summed E-state index contributed by atoms with van der Waals surface area (Å²) in [5, 5.41) is 2.85. The van der Waals surface area contributed by atoms with Gasteiger partial charge >= 0.3 is 11.9 Å². The quantitative estimate of drug-likeness (QED) is 0.349. The van der Waals surface area contributed by atoms with Gasteiger partial charge in [0.1, 0.15) is 18.1 Å². The van der Waals surface area contributed by atoms with Crippen LogP contribution in [0.1, 0.15) is 59.3 Å². The SMILES string of the molecule is CCOC(=O)/C=C/CCC(C(=O)N[C@H](C(=O)N1CCCC1C(=O)OC)C(C)C)N1CCCC1=O. The van der Waals surface area contributed by atoms with Crippen LogP contribution in [0.5, 0.6) is 0 Å². The Morgan fingerprint density at radius 2 is 1.91 bits per heavy atom. The van der Waals surface area contributed by atoms with Crippen LogP contribution in [0.15, 0.2) is 12.2 Å². The minimum absolute atomic E-state index is 0.104. The highest BCUT2D eigenvalue weighted by atomic mass is 16.5. The molecule has 0 aliphatic carbocycles. The molecule has 2 aliphatic rings. The standard InChI is InChI=1S/C24H37N3O7/c1-5-34-20(29)13-7-6-10-17(26-14-9-12-19(26)28)22(30)25-21(16(2)3)23(31)27-15-8-11-18(27)24(32)33-4/h7,13,16-18,21H,5-6,8-12,14-15H2,1-4H3,(H,25,30)/b13-7+/t17?,18?,21-/m0/s1. The Labute approximate surface area is 201 Å². The first-order valence-electron chi connectivity index (χ1n) is 12.0. The topological polar surface area (TPSA) is 122 Å². The first-order valence-corrected chi connectivity index (χ1v) is 12.0. The summed E-state index contributed by atoms with van der Waals surface area (Å²) >= 11 is 0. The van der Waals surface area contributed by atoms with Gasteiger partial charge in [0.2, 0.25) is 17.7 Å². The highest BCUT2D eigenvalue weighted by Gasteiger charge is 2.40. The molecule has 0 spiro atoms. The van der Waals surface area contributed by atoms with Crippen molar-refractivity contribution in [3.8, 4) is 0 Å². The molecule has 2 aliphatic heterocycles. The van der Waals surface area contributed by atoms with Crippen molar-refractivity contribution in [2.45, 2.75) is 77.4 Å². The molecule has 34 heavy (non-hydrogen) atoms. The molecular formula is C24H37N3O7. The lowest BCUT2D eigenvalue weighted by Crippen LogP contribution is -2.57. The van der Waals surface area contributed by atoms with Crippen LogP contribution in [-0.2, 0) is 33.4 Å². The van der Waals surface area contributed by atoms with Crippen molar-refractivity contribution in [2.75, 3.05) is 26.8 Å². The Morgan fingerprint density at radius 1 is 1.18 bits per heavy atom. The molecular weight excluding hydrogens is 442 g/mol. The second-order valence-corrected chi connectivity index (χ2v) is 8.88. The van der Waals surface area contributed by atoms with Crippen LogP contribution in [0.3, 0.4) is 0 Å². The van der Waals surface area contributed by atoms with E-state index in [1.807, 2.05) is 13.8 Å². The number of rotatable bonds is 11. The van der Waals surface area contributed by atoms with Gasteiger partial charge in [-0.2, -0.15) is 0 Å². The minimum atomic E-state index is -0.840. The van der Waals surface area contributed by atoms with Crippen molar-refractivity contribution in [1.82, 2.24) is 15.1 Å². The molecule has 2 unspecified atom stereocenters. The summed E-state index contributed by atoms with van der Waals surface area (Å²) in [5.74, 6) is -2.00. The predicted octanol–water partition coefficient (Wildman–Crippen LogP) is 1.18. The van der Waals surface area contributed by atoms with Gasteiger partial charge in [-0.05, 0) is 44.9 Å². The first kappa shape index (κ1) is 27.3. The molecule has 190 valence electrons. The summed E-state index contributed by atoms with van der Waals surface area (Å²) in [7, 11) is 1.29. The van der Waals surface area contributed by atoms with Gasteiger partial charge in [0.15, 0.2) is 0 Å². The molecule has 0 radical (unpaired) electrons. The van der Waals surface area contributed by atoms with Crippen LogP contribution < -0.4 is 5.32 Å². The Balaban J connectivity index is 2.13. The van der Waals surface area contributed by atoms with Gasteiger partial charge in [-0.15, -0.1) is 0 Å². The predicted molar refractivity (Wildman–Crippen MR) is 123 cm³/mol. The average Bonchev–Trinajstić information content (AvgIpc) is 3.45. The minimum Gasteiger partial charge on any atom is -0.467 e. The van der Waals surface area contributed by atoms with E-state index < -0.39 is 36.0 Å². The molecule has 2 saturated heterocycles. The fourth-order valence-electron chi connectivity index (χ4n) is 4.40. The van der Waals surface area contributed by atoms with Crippen molar-refractivity contribution < 1.29 is 33.4 Å². The smallest absolute Gasteiger partial charge is 0.330 e. The van der Waals surface area contributed by atoms with E-state index in [-0.39, 0.29) is 24.3 Å². The van der Waals surface area contributed by atoms with Crippen LogP contribution in [-0.4, -0.2) is 84.4 Å². The molecule has 3 atom stereocenters. The van der Waals surface area contributed by atoms with E-state index in [9.17, 15) is 24.0 Å². The zero-order valence-electron chi connectivity index (χ0n) is 20.6. The third-order valence-corrected chi connectivity index (χ3v) is 6.18. The molecule has 1 N–H and O–H groups in total. The van der Waals surface area contributed by atoms with Crippen molar-refractivity contribution in [3.05, 3.63) is 12.2 Å². The third kappa shape index (κ3) is 7.04. The van der Waals surface area contributed by atoms with Gasteiger partial charge < -0.3 is 24.6 Å². The molecule has 10 nitrogen and oxygen atoms in total. The van der Waals surface area contributed by atoms with Crippen molar-refractivity contribution in [2.24, 2.45) is 5.92 Å². The Morgan fingerprint density at radius 3 is 2.50 bits per heavy atom. The normalized spacial score (nSPS) is 20.0. The molecule has 0 aromatic carbocycles. The molecule has 2 heterocycles. The summed E-state index contributed by atoms with van der Waals surface area (Å²) in [6, 6.07) is -2.25. The van der Waals surface area contributed by atoms with Gasteiger partial charge in [-0.25, -0.2) is 9.59 Å². The molecule has 0 saturated carbocycles. The first-order chi connectivity index (χ1) is 16.2. The van der Waals surface area contributed by atoms with E-state index in [2.05, 4.69) is 5.32 Å². The number of amides is 3. The largest absolute Gasteiger partial charge is 0.467 e. The monoisotopic (exact) mass is 479 g/mol. The summed E-state index contributed by atoms with van der Waals surface area (Å²) < 4.78 is 9.69. The summed E-state index contributed by atoms with van der Waals surface area (Å²) in [6.07, 6.45) is 5.88. The summed E-state index contributed by atoms with van der Waals surface area (Å²) in [4.78, 5) is 65.7. The maximum absolute atomic E-state index is 13.3. The number of carbonyl (C=O) groups excluding carboxylic acids is 5. The highest BCUT2D eigenvalue weighted by Crippen LogP contribution is 2.22. The second-order valence-electron chi connectivity index (χ2n) is 8.88. The van der Waals surface area contributed by atoms with Crippen LogP contribution in [0, 0.1) is 5.92 Å². The lowest BCUT2D eigenvalue weighted by molar-refractivity contribution is -0.152. The third-order valence-electron chi connectivity index (χ3n) is 6.18. The second kappa shape index (κ2) is 13.1. The van der Waals surface area contributed by atoms with Crippen LogP contribution in [0.25, 0.3) is 0 Å². The van der Waals surface area contributed by atoms with Gasteiger partial charge in [-0.1, -0.05) is 19.9 Å². The van der Waals surface area contributed by atoms with Gasteiger partial charge in [0.05, 0.1) is 13.7 Å². The molecule has 3 amide bonds. The highest BCUT2D eigenvalue weighted by molar-refractivity contribution is 5.94. The van der Waals surface area contributed by atoms with E-state index in [1.165, 1.54) is 18.1 Å². The van der Waals surface area contributed by atoms with Crippen molar-refractivity contribution >= 4 is 29.7 Å². The number of methoxy groups -OCH3 is 1. The van der Waals surface area contributed by atoms with Crippen molar-refractivity contribution in [3.63, 3.8) is 0 Å². The van der Waals surface area contributed by atoms with E-state index >= 15 is 0 Å². The van der Waals surface area contributed by atoms with E-state index in [1.54, 1.807) is 17.9 Å². The molecule has 0 aromatic rings. The van der Waals surface area contributed by atoms with Crippen LogP contribution in [0.4, 0.5) is 0 Å². The van der Waals surface area contributed by atoms with Gasteiger partial charge in [0.25, 0.3) is 0 Å². The number of nitrogens with zero attached hydrogens (tertiary/aromatic N) is 2. The Hall–Kier alpha value is -2.91. The van der Waals surface area contributed by atoms with Crippen molar-refractivity contribution in [1.29, 1.82) is 0 Å². The fourth-order valence-corrected chi connectivity index (χ4v) is 4.40. The number of nitrogens with one attached hydrogen (secondary N) is 1. The number of allylic oxidation sites excluding steroid dienone is 1. The summed E-state index contributed by atoms with van der Waals surface area (Å²) in [5.41, 5.74) is 0. The zero-order chi connectivity index (χ0) is 25.3. The van der Waals surface area contributed by atoms with E-state index in [0.717, 1.165) is 0 Å². The van der Waals surface area contributed by atoms with Gasteiger partial charge in [-0.3, -0.25) is 14.4 Å². The van der Waals surface area contributed by atoms with E-state index in [0.29, 0.717) is 51.6 Å². The number of hydrogen-bond donors (Lipinski definition) is 1. The number of hydrogen-bond acceptors (Lipinski definition) is 7. The summed E-state index contributed by atoms with van der Waals surface area (Å²) in [6.45, 7) is 6.52.